The molecule has 1 unspecified atom stereocenters. The molecule has 2 aromatic rings. The van der Waals surface area contributed by atoms with Crippen molar-refractivity contribution in [3.8, 4) is 5.75 Å². The number of hydrogen-bond acceptors (Lipinski definition) is 4. The summed E-state index contributed by atoms with van der Waals surface area (Å²) in [6, 6.07) is 4.56. The third-order valence-corrected chi connectivity index (χ3v) is 3.94. The highest BCUT2D eigenvalue weighted by Crippen LogP contribution is 2.32. The average Bonchev–Trinajstić information content (AvgIpc) is 3.04. The molecule has 3 rings (SSSR count). The number of aromatic nitrogens is 2. The Morgan fingerprint density at radius 2 is 2.09 bits per heavy atom. The van der Waals surface area contributed by atoms with Gasteiger partial charge in [0.2, 0.25) is 0 Å². The lowest BCUT2D eigenvalue weighted by molar-refractivity contribution is 0.210. The predicted octanol–water partition coefficient (Wildman–Crippen LogP) is 4.11. The average molecular weight is 301 g/mol. The van der Waals surface area contributed by atoms with Crippen LogP contribution < -0.4 is 10.1 Å². The third kappa shape index (κ3) is 3.53. The Kier molecular flexibility index (Phi) is 4.51. The zero-order valence-electron chi connectivity index (χ0n) is 12.6. The van der Waals surface area contributed by atoms with Crippen molar-refractivity contribution in [3.05, 3.63) is 48.3 Å². The number of nitrogens with one attached hydrogen (secondary N) is 1. The van der Waals surface area contributed by atoms with Crippen LogP contribution in [0.3, 0.4) is 0 Å². The zero-order chi connectivity index (χ0) is 15.4. The standard InChI is InChI=1S/C17H20FN3O/c1-12(16-11-19-8-9-20-16)21-15-7-6-13(18)10-17(15)22-14-4-2-3-5-14/h6-12,14,21H,2-5H2,1H3. The second kappa shape index (κ2) is 6.73. The molecule has 1 aromatic heterocycles. The van der Waals surface area contributed by atoms with Gasteiger partial charge < -0.3 is 10.1 Å². The molecular formula is C17H20FN3O. The molecule has 0 saturated heterocycles. The van der Waals surface area contributed by atoms with Gasteiger partial charge in [0.25, 0.3) is 0 Å². The maximum Gasteiger partial charge on any atom is 0.145 e. The largest absolute Gasteiger partial charge is 0.488 e. The summed E-state index contributed by atoms with van der Waals surface area (Å²) in [4.78, 5) is 8.36. The van der Waals surface area contributed by atoms with Gasteiger partial charge in [0.15, 0.2) is 0 Å². The molecular weight excluding hydrogens is 281 g/mol. The van der Waals surface area contributed by atoms with Crippen molar-refractivity contribution in [1.29, 1.82) is 0 Å². The predicted molar refractivity (Wildman–Crippen MR) is 83.4 cm³/mol. The lowest BCUT2D eigenvalue weighted by Gasteiger charge is -2.20. The second-order valence-electron chi connectivity index (χ2n) is 5.66. The quantitative estimate of drug-likeness (QED) is 0.902. The number of rotatable bonds is 5. The summed E-state index contributed by atoms with van der Waals surface area (Å²) in [6.45, 7) is 1.99. The molecule has 1 aliphatic rings. The highest BCUT2D eigenvalue weighted by molar-refractivity contribution is 5.57. The number of hydrogen-bond donors (Lipinski definition) is 1. The molecule has 1 N–H and O–H groups in total. The van der Waals surface area contributed by atoms with Gasteiger partial charge in [0, 0.05) is 18.5 Å². The Morgan fingerprint density at radius 1 is 1.27 bits per heavy atom. The minimum atomic E-state index is -0.286. The lowest BCUT2D eigenvalue weighted by atomic mass is 10.2. The van der Waals surface area contributed by atoms with Gasteiger partial charge in [-0.25, -0.2) is 4.39 Å². The molecule has 0 aliphatic heterocycles. The molecule has 1 aliphatic carbocycles. The van der Waals surface area contributed by atoms with Crippen molar-refractivity contribution in [3.63, 3.8) is 0 Å². The van der Waals surface area contributed by atoms with E-state index in [1.807, 2.05) is 6.92 Å². The lowest BCUT2D eigenvalue weighted by Crippen LogP contribution is -2.14. The molecule has 1 atom stereocenters. The minimum absolute atomic E-state index is 0.0370. The van der Waals surface area contributed by atoms with Crippen LogP contribution in [-0.4, -0.2) is 16.1 Å². The molecule has 1 heterocycles. The van der Waals surface area contributed by atoms with Crippen LogP contribution in [0.4, 0.5) is 10.1 Å². The van der Waals surface area contributed by atoms with Gasteiger partial charge in [-0.15, -0.1) is 0 Å². The Balaban J connectivity index is 1.77. The van der Waals surface area contributed by atoms with Crippen LogP contribution in [0, 0.1) is 5.82 Å². The van der Waals surface area contributed by atoms with Crippen molar-refractivity contribution in [1.82, 2.24) is 9.97 Å². The minimum Gasteiger partial charge on any atom is -0.488 e. The second-order valence-corrected chi connectivity index (χ2v) is 5.66. The van der Waals surface area contributed by atoms with Crippen molar-refractivity contribution < 1.29 is 9.13 Å². The molecule has 116 valence electrons. The van der Waals surface area contributed by atoms with Gasteiger partial charge >= 0.3 is 0 Å². The summed E-state index contributed by atoms with van der Waals surface area (Å²) in [5, 5.41) is 3.33. The summed E-state index contributed by atoms with van der Waals surface area (Å²) in [5.74, 6) is 0.286. The Bertz CT molecular complexity index is 615. The molecule has 0 bridgehead atoms. The van der Waals surface area contributed by atoms with Gasteiger partial charge in [0.05, 0.1) is 29.7 Å². The Hall–Kier alpha value is -2.17. The Labute approximate surface area is 129 Å². The fourth-order valence-electron chi connectivity index (χ4n) is 2.74. The van der Waals surface area contributed by atoms with Crippen molar-refractivity contribution in [2.75, 3.05) is 5.32 Å². The summed E-state index contributed by atoms with van der Waals surface area (Å²) < 4.78 is 19.5. The smallest absolute Gasteiger partial charge is 0.145 e. The van der Waals surface area contributed by atoms with Gasteiger partial charge in [-0.2, -0.15) is 0 Å². The highest BCUT2D eigenvalue weighted by Gasteiger charge is 2.19. The zero-order valence-corrected chi connectivity index (χ0v) is 12.6. The van der Waals surface area contributed by atoms with Crippen LogP contribution in [0.15, 0.2) is 36.8 Å². The first kappa shape index (κ1) is 14.8. The molecule has 0 radical (unpaired) electrons. The normalized spacial score (nSPS) is 16.5. The van der Waals surface area contributed by atoms with Crippen LogP contribution in [0.2, 0.25) is 0 Å². The first-order chi connectivity index (χ1) is 10.7. The molecule has 5 heteroatoms. The van der Waals surface area contributed by atoms with E-state index in [0.29, 0.717) is 5.75 Å². The summed E-state index contributed by atoms with van der Waals surface area (Å²) in [6.07, 6.45) is 9.65. The van der Waals surface area contributed by atoms with Crippen LogP contribution in [0.25, 0.3) is 0 Å². The molecule has 4 nitrogen and oxygen atoms in total. The van der Waals surface area contributed by atoms with E-state index in [1.165, 1.54) is 25.0 Å². The number of halogens is 1. The molecule has 1 saturated carbocycles. The van der Waals surface area contributed by atoms with Crippen molar-refractivity contribution in [2.24, 2.45) is 0 Å². The van der Waals surface area contributed by atoms with Crippen molar-refractivity contribution in [2.45, 2.75) is 44.8 Å². The topological polar surface area (TPSA) is 47.0 Å². The SMILES string of the molecule is CC(Nc1ccc(F)cc1OC1CCCC1)c1cnccn1. The van der Waals surface area contributed by atoms with Gasteiger partial charge in [0.1, 0.15) is 11.6 Å². The van der Waals surface area contributed by atoms with Gasteiger partial charge in [-0.05, 0) is 44.7 Å². The number of nitrogens with zero attached hydrogens (tertiary/aromatic N) is 2. The fraction of sp³-hybridized carbons (Fsp3) is 0.412. The Morgan fingerprint density at radius 3 is 2.82 bits per heavy atom. The van der Waals surface area contributed by atoms with Crippen LogP contribution in [0.1, 0.15) is 44.3 Å². The maximum absolute atomic E-state index is 13.6. The molecule has 1 fully saturated rings. The highest BCUT2D eigenvalue weighted by atomic mass is 19.1. The third-order valence-electron chi connectivity index (χ3n) is 3.94. The monoisotopic (exact) mass is 301 g/mol. The maximum atomic E-state index is 13.6. The van der Waals surface area contributed by atoms with E-state index in [2.05, 4.69) is 15.3 Å². The van der Waals surface area contributed by atoms with Crippen LogP contribution in [-0.2, 0) is 0 Å². The fourth-order valence-corrected chi connectivity index (χ4v) is 2.74. The van der Waals surface area contributed by atoms with E-state index < -0.39 is 0 Å². The van der Waals surface area contributed by atoms with E-state index in [1.54, 1.807) is 24.7 Å². The molecule has 1 aromatic carbocycles. The van der Waals surface area contributed by atoms with E-state index >= 15 is 0 Å². The van der Waals surface area contributed by atoms with E-state index in [4.69, 9.17) is 4.74 Å². The van der Waals surface area contributed by atoms with E-state index in [-0.39, 0.29) is 18.0 Å². The summed E-state index contributed by atoms with van der Waals surface area (Å²) in [5.41, 5.74) is 1.62. The number of benzene rings is 1. The first-order valence-corrected chi connectivity index (χ1v) is 7.71. The summed E-state index contributed by atoms with van der Waals surface area (Å²) >= 11 is 0. The first-order valence-electron chi connectivity index (χ1n) is 7.71. The molecule has 0 amide bonds. The van der Waals surface area contributed by atoms with Gasteiger partial charge in [-0.1, -0.05) is 0 Å². The van der Waals surface area contributed by atoms with E-state index in [9.17, 15) is 4.39 Å². The molecule has 22 heavy (non-hydrogen) atoms. The van der Waals surface area contributed by atoms with Crippen LogP contribution in [0.5, 0.6) is 5.75 Å². The van der Waals surface area contributed by atoms with Crippen LogP contribution >= 0.6 is 0 Å². The summed E-state index contributed by atoms with van der Waals surface area (Å²) in [7, 11) is 0. The number of ether oxygens (including phenoxy) is 1. The number of anilines is 1. The van der Waals surface area contributed by atoms with Gasteiger partial charge in [-0.3, -0.25) is 9.97 Å². The molecule has 0 spiro atoms. The van der Waals surface area contributed by atoms with E-state index in [0.717, 1.165) is 24.2 Å². The van der Waals surface area contributed by atoms with Crippen molar-refractivity contribution >= 4 is 5.69 Å².